The highest BCUT2D eigenvalue weighted by molar-refractivity contribution is 5.61. The van der Waals surface area contributed by atoms with Gasteiger partial charge in [0.15, 0.2) is 6.29 Å². The normalized spacial score (nSPS) is 13.8. The van der Waals surface area contributed by atoms with Gasteiger partial charge in [-0.1, -0.05) is 18.2 Å². The number of hydrogen-bond donors (Lipinski definition) is 2. The molecule has 0 saturated carbocycles. The molecule has 1 aromatic rings. The molecule has 0 fully saturated rings. The Labute approximate surface area is 102 Å². The number of para-hydroxylation sites is 1. The molecule has 2 rings (SSSR count). The molecule has 1 aliphatic heterocycles. The number of ether oxygens (including phenoxy) is 2. The van der Waals surface area contributed by atoms with Gasteiger partial charge in [0.1, 0.15) is 0 Å². The molecule has 0 unspecified atom stereocenters. The molecular formula is C13H20N2O2. The van der Waals surface area contributed by atoms with E-state index in [2.05, 4.69) is 28.8 Å². The summed E-state index contributed by atoms with van der Waals surface area (Å²) >= 11 is 0. The van der Waals surface area contributed by atoms with Gasteiger partial charge in [-0.25, -0.2) is 0 Å². The molecule has 1 aromatic carbocycles. The first-order valence-corrected chi connectivity index (χ1v) is 5.96. The van der Waals surface area contributed by atoms with Crippen molar-refractivity contribution in [2.45, 2.75) is 19.3 Å². The summed E-state index contributed by atoms with van der Waals surface area (Å²) in [5.74, 6) is 0. The summed E-state index contributed by atoms with van der Waals surface area (Å²) in [5, 5.41) is 6.78. The Morgan fingerprint density at radius 2 is 2.18 bits per heavy atom. The summed E-state index contributed by atoms with van der Waals surface area (Å²) in [6.07, 6.45) is 0.946. The van der Waals surface area contributed by atoms with Gasteiger partial charge in [0.25, 0.3) is 0 Å². The minimum atomic E-state index is -0.181. The fourth-order valence-corrected chi connectivity index (χ4v) is 2.15. The van der Waals surface area contributed by atoms with Gasteiger partial charge >= 0.3 is 0 Å². The van der Waals surface area contributed by atoms with Crippen LogP contribution in [0, 0.1) is 0 Å². The molecule has 0 spiro atoms. The number of methoxy groups -OCH3 is 2. The van der Waals surface area contributed by atoms with Crippen LogP contribution in [-0.4, -0.2) is 33.6 Å². The number of nitrogens with one attached hydrogen (secondary N) is 2. The van der Waals surface area contributed by atoms with Crippen molar-refractivity contribution >= 4 is 5.69 Å². The van der Waals surface area contributed by atoms with Crippen LogP contribution in [-0.2, 0) is 22.4 Å². The van der Waals surface area contributed by atoms with Crippen LogP contribution in [0.2, 0.25) is 0 Å². The Kier molecular flexibility index (Phi) is 4.36. The van der Waals surface area contributed by atoms with Crippen molar-refractivity contribution in [2.24, 2.45) is 0 Å². The van der Waals surface area contributed by atoms with Crippen molar-refractivity contribution in [1.29, 1.82) is 0 Å². The molecule has 0 amide bonds. The zero-order chi connectivity index (χ0) is 12.1. The molecule has 0 atom stereocenters. The maximum atomic E-state index is 5.13. The van der Waals surface area contributed by atoms with Crippen molar-refractivity contribution < 1.29 is 9.47 Å². The van der Waals surface area contributed by atoms with Gasteiger partial charge in [-0.15, -0.1) is 0 Å². The van der Waals surface area contributed by atoms with E-state index in [1.165, 1.54) is 16.8 Å². The number of benzene rings is 1. The molecule has 2 N–H and O–H groups in total. The van der Waals surface area contributed by atoms with Crippen LogP contribution in [0.1, 0.15) is 11.1 Å². The SMILES string of the molecule is COC(CNCc1cccc2c1NCC2)OC. The molecule has 94 valence electrons. The predicted octanol–water partition coefficient (Wildman–Crippen LogP) is 1.36. The van der Waals surface area contributed by atoms with Gasteiger partial charge in [-0.2, -0.15) is 0 Å². The lowest BCUT2D eigenvalue weighted by Gasteiger charge is -2.15. The van der Waals surface area contributed by atoms with Crippen LogP contribution in [0.15, 0.2) is 18.2 Å². The van der Waals surface area contributed by atoms with Gasteiger partial charge < -0.3 is 20.1 Å². The molecule has 0 aliphatic carbocycles. The van der Waals surface area contributed by atoms with Crippen LogP contribution in [0.5, 0.6) is 0 Å². The van der Waals surface area contributed by atoms with Gasteiger partial charge in [0, 0.05) is 39.5 Å². The molecular weight excluding hydrogens is 216 g/mol. The summed E-state index contributed by atoms with van der Waals surface area (Å²) < 4.78 is 10.3. The number of anilines is 1. The summed E-state index contributed by atoms with van der Waals surface area (Å²) in [5.41, 5.74) is 4.02. The van der Waals surface area contributed by atoms with Crippen LogP contribution >= 0.6 is 0 Å². The second-order valence-corrected chi connectivity index (χ2v) is 4.16. The van der Waals surface area contributed by atoms with Gasteiger partial charge in [0.2, 0.25) is 0 Å². The average molecular weight is 236 g/mol. The summed E-state index contributed by atoms with van der Waals surface area (Å²) in [7, 11) is 3.30. The van der Waals surface area contributed by atoms with Crippen LogP contribution in [0.3, 0.4) is 0 Å². The lowest BCUT2D eigenvalue weighted by molar-refractivity contribution is -0.0989. The fraction of sp³-hybridized carbons (Fsp3) is 0.538. The standard InChI is InChI=1S/C13H20N2O2/c1-16-12(17-2)9-14-8-11-5-3-4-10-6-7-15-13(10)11/h3-5,12,14-15H,6-9H2,1-2H3. The van der Waals surface area contributed by atoms with E-state index >= 15 is 0 Å². The maximum absolute atomic E-state index is 5.13. The third-order valence-corrected chi connectivity index (χ3v) is 3.09. The minimum absolute atomic E-state index is 0.181. The van der Waals surface area contributed by atoms with E-state index in [9.17, 15) is 0 Å². The van der Waals surface area contributed by atoms with E-state index in [4.69, 9.17) is 9.47 Å². The summed E-state index contributed by atoms with van der Waals surface area (Å²) in [4.78, 5) is 0. The lowest BCUT2D eigenvalue weighted by atomic mass is 10.1. The van der Waals surface area contributed by atoms with E-state index in [1.54, 1.807) is 14.2 Å². The van der Waals surface area contributed by atoms with E-state index in [1.807, 2.05) is 0 Å². The highest BCUT2D eigenvalue weighted by atomic mass is 16.7. The van der Waals surface area contributed by atoms with Crippen molar-refractivity contribution in [2.75, 3.05) is 32.6 Å². The minimum Gasteiger partial charge on any atom is -0.384 e. The first-order chi connectivity index (χ1) is 8.35. The average Bonchev–Trinajstić information content (AvgIpc) is 2.83. The Morgan fingerprint density at radius 3 is 2.94 bits per heavy atom. The zero-order valence-corrected chi connectivity index (χ0v) is 10.5. The van der Waals surface area contributed by atoms with Gasteiger partial charge in [0.05, 0.1) is 0 Å². The topological polar surface area (TPSA) is 42.5 Å². The third kappa shape index (κ3) is 2.97. The van der Waals surface area contributed by atoms with Crippen molar-refractivity contribution in [3.05, 3.63) is 29.3 Å². The second kappa shape index (κ2) is 6.00. The fourth-order valence-electron chi connectivity index (χ4n) is 2.15. The molecule has 0 aromatic heterocycles. The molecule has 0 radical (unpaired) electrons. The van der Waals surface area contributed by atoms with Crippen molar-refractivity contribution in [3.63, 3.8) is 0 Å². The van der Waals surface area contributed by atoms with Crippen LogP contribution in [0.4, 0.5) is 5.69 Å². The van der Waals surface area contributed by atoms with E-state index in [-0.39, 0.29) is 6.29 Å². The van der Waals surface area contributed by atoms with Crippen LogP contribution < -0.4 is 10.6 Å². The first-order valence-electron chi connectivity index (χ1n) is 5.96. The molecule has 0 bridgehead atoms. The molecule has 4 heteroatoms. The number of hydrogen-bond acceptors (Lipinski definition) is 4. The summed E-state index contributed by atoms with van der Waals surface area (Å²) in [6.45, 7) is 2.57. The van der Waals surface area contributed by atoms with E-state index in [0.717, 1.165) is 19.5 Å². The Hall–Kier alpha value is -1.10. The number of fused-ring (bicyclic) bond motifs is 1. The largest absolute Gasteiger partial charge is 0.384 e. The van der Waals surface area contributed by atoms with Crippen molar-refractivity contribution in [3.8, 4) is 0 Å². The molecule has 4 nitrogen and oxygen atoms in total. The Balaban J connectivity index is 1.89. The predicted molar refractivity (Wildman–Crippen MR) is 68.1 cm³/mol. The molecule has 1 aliphatic rings. The maximum Gasteiger partial charge on any atom is 0.169 e. The Bertz CT molecular complexity index is 364. The van der Waals surface area contributed by atoms with E-state index in [0.29, 0.717) is 6.54 Å². The van der Waals surface area contributed by atoms with Crippen molar-refractivity contribution in [1.82, 2.24) is 5.32 Å². The number of rotatable bonds is 6. The lowest BCUT2D eigenvalue weighted by Crippen LogP contribution is -2.29. The van der Waals surface area contributed by atoms with Gasteiger partial charge in [-0.3, -0.25) is 0 Å². The first kappa shape index (κ1) is 12.4. The molecule has 0 saturated heterocycles. The highest BCUT2D eigenvalue weighted by Crippen LogP contribution is 2.26. The highest BCUT2D eigenvalue weighted by Gasteiger charge is 2.13. The molecule has 17 heavy (non-hydrogen) atoms. The van der Waals surface area contributed by atoms with Gasteiger partial charge in [-0.05, 0) is 17.5 Å². The van der Waals surface area contributed by atoms with Crippen LogP contribution in [0.25, 0.3) is 0 Å². The smallest absolute Gasteiger partial charge is 0.169 e. The second-order valence-electron chi connectivity index (χ2n) is 4.16. The Morgan fingerprint density at radius 1 is 1.35 bits per heavy atom. The molecule has 1 heterocycles. The zero-order valence-electron chi connectivity index (χ0n) is 10.5. The van der Waals surface area contributed by atoms with E-state index < -0.39 is 0 Å². The summed E-state index contributed by atoms with van der Waals surface area (Å²) in [6, 6.07) is 6.46. The third-order valence-electron chi connectivity index (χ3n) is 3.09. The monoisotopic (exact) mass is 236 g/mol. The quantitative estimate of drug-likeness (QED) is 0.732.